The number of aryl methyl sites for hydroxylation is 1. The molecule has 3 N–H and O–H groups in total. The maximum absolute atomic E-state index is 5.63. The summed E-state index contributed by atoms with van der Waals surface area (Å²) in [5.74, 6) is 1.01. The van der Waals surface area contributed by atoms with Crippen LogP contribution >= 0.6 is 0 Å². The fraction of sp³-hybridized carbons (Fsp3) is 0.222. The van der Waals surface area contributed by atoms with Gasteiger partial charge in [-0.1, -0.05) is 6.92 Å². The molecule has 0 atom stereocenters. The second kappa shape index (κ2) is 2.52. The van der Waals surface area contributed by atoms with Gasteiger partial charge in [0.15, 0.2) is 0 Å². The Labute approximate surface area is 70.6 Å². The standard InChI is InChI=1S/C9H11N3/c1-2-9-11-7-4-3-6(10)5-8(7)12-9/h3-5H,2,10H2,1H3,(H,11,12). The zero-order chi connectivity index (χ0) is 8.55. The molecule has 0 radical (unpaired) electrons. The third-order valence-electron chi connectivity index (χ3n) is 1.89. The van der Waals surface area contributed by atoms with E-state index in [1.54, 1.807) is 0 Å². The highest BCUT2D eigenvalue weighted by Crippen LogP contribution is 2.14. The van der Waals surface area contributed by atoms with Gasteiger partial charge < -0.3 is 10.7 Å². The van der Waals surface area contributed by atoms with Gasteiger partial charge in [0, 0.05) is 12.1 Å². The summed E-state index contributed by atoms with van der Waals surface area (Å²) in [5, 5.41) is 0. The summed E-state index contributed by atoms with van der Waals surface area (Å²) in [6.07, 6.45) is 0.925. The second-order valence-corrected chi connectivity index (χ2v) is 2.81. The largest absolute Gasteiger partial charge is 0.399 e. The number of anilines is 1. The van der Waals surface area contributed by atoms with Gasteiger partial charge in [-0.05, 0) is 18.2 Å². The lowest BCUT2D eigenvalue weighted by molar-refractivity contribution is 1.00. The fourth-order valence-corrected chi connectivity index (χ4v) is 1.25. The van der Waals surface area contributed by atoms with E-state index in [2.05, 4.69) is 16.9 Å². The number of nitrogen functional groups attached to an aromatic ring is 1. The lowest BCUT2D eigenvalue weighted by Gasteiger charge is -1.89. The number of hydrogen-bond donors (Lipinski definition) is 2. The molecule has 0 fully saturated rings. The Morgan fingerprint density at radius 2 is 2.33 bits per heavy atom. The Balaban J connectivity index is 2.67. The molecule has 0 aliphatic heterocycles. The van der Waals surface area contributed by atoms with Gasteiger partial charge in [-0.15, -0.1) is 0 Å². The van der Waals surface area contributed by atoms with Gasteiger partial charge in [-0.25, -0.2) is 4.98 Å². The summed E-state index contributed by atoms with van der Waals surface area (Å²) >= 11 is 0. The van der Waals surface area contributed by atoms with Gasteiger partial charge in [-0.3, -0.25) is 0 Å². The molecule has 0 saturated heterocycles. The van der Waals surface area contributed by atoms with E-state index in [0.29, 0.717) is 0 Å². The average Bonchev–Trinajstić information content (AvgIpc) is 2.46. The molecule has 0 aliphatic carbocycles. The Bertz CT molecular complexity index is 403. The summed E-state index contributed by atoms with van der Waals surface area (Å²) in [5.41, 5.74) is 8.41. The van der Waals surface area contributed by atoms with Crippen molar-refractivity contribution < 1.29 is 0 Å². The Morgan fingerprint density at radius 1 is 1.50 bits per heavy atom. The van der Waals surface area contributed by atoms with Gasteiger partial charge >= 0.3 is 0 Å². The van der Waals surface area contributed by atoms with E-state index in [1.807, 2.05) is 18.2 Å². The number of fused-ring (bicyclic) bond motifs is 1. The quantitative estimate of drug-likeness (QED) is 0.625. The first-order valence-electron chi connectivity index (χ1n) is 4.03. The van der Waals surface area contributed by atoms with Gasteiger partial charge in [0.25, 0.3) is 0 Å². The molecular formula is C9H11N3. The first-order valence-corrected chi connectivity index (χ1v) is 4.03. The van der Waals surface area contributed by atoms with Crippen LogP contribution in [0.1, 0.15) is 12.7 Å². The maximum atomic E-state index is 5.63. The molecular weight excluding hydrogens is 150 g/mol. The zero-order valence-corrected chi connectivity index (χ0v) is 6.96. The number of aromatic amines is 1. The minimum absolute atomic E-state index is 0.772. The third kappa shape index (κ3) is 1.03. The maximum Gasteiger partial charge on any atom is 0.106 e. The van der Waals surface area contributed by atoms with Crippen molar-refractivity contribution in [2.24, 2.45) is 0 Å². The molecule has 2 aromatic rings. The molecule has 62 valence electrons. The van der Waals surface area contributed by atoms with Gasteiger partial charge in [0.1, 0.15) is 5.82 Å². The summed E-state index contributed by atoms with van der Waals surface area (Å²) in [7, 11) is 0. The first kappa shape index (κ1) is 7.16. The van der Waals surface area contributed by atoms with Crippen LogP contribution in [0, 0.1) is 0 Å². The number of nitrogens with one attached hydrogen (secondary N) is 1. The molecule has 0 unspecified atom stereocenters. The Morgan fingerprint density at radius 3 is 3.08 bits per heavy atom. The van der Waals surface area contributed by atoms with Crippen molar-refractivity contribution in [1.29, 1.82) is 0 Å². The summed E-state index contributed by atoms with van der Waals surface area (Å²) in [6, 6.07) is 5.70. The molecule has 1 aromatic heterocycles. The van der Waals surface area contributed by atoms with Gasteiger partial charge in [0.05, 0.1) is 11.0 Å². The van der Waals surface area contributed by atoms with E-state index in [0.717, 1.165) is 29.0 Å². The fourth-order valence-electron chi connectivity index (χ4n) is 1.25. The van der Waals surface area contributed by atoms with Crippen molar-refractivity contribution in [3.63, 3.8) is 0 Å². The van der Waals surface area contributed by atoms with Gasteiger partial charge in [-0.2, -0.15) is 0 Å². The van der Waals surface area contributed by atoms with Crippen LogP contribution in [0.15, 0.2) is 18.2 Å². The Kier molecular flexibility index (Phi) is 1.50. The van der Waals surface area contributed by atoms with Crippen LogP contribution in [-0.4, -0.2) is 9.97 Å². The number of hydrogen-bond acceptors (Lipinski definition) is 2. The molecule has 0 spiro atoms. The number of rotatable bonds is 1. The summed E-state index contributed by atoms with van der Waals surface area (Å²) < 4.78 is 0. The predicted octanol–water partition coefficient (Wildman–Crippen LogP) is 1.71. The van der Waals surface area contributed by atoms with Crippen LogP contribution in [0.2, 0.25) is 0 Å². The highest BCUT2D eigenvalue weighted by atomic mass is 14.9. The van der Waals surface area contributed by atoms with Crippen LogP contribution in [-0.2, 0) is 6.42 Å². The van der Waals surface area contributed by atoms with Crippen LogP contribution in [0.5, 0.6) is 0 Å². The molecule has 1 aromatic carbocycles. The van der Waals surface area contributed by atoms with Crippen LogP contribution in [0.3, 0.4) is 0 Å². The summed E-state index contributed by atoms with van der Waals surface area (Å²) in [6.45, 7) is 2.07. The molecule has 1 heterocycles. The lowest BCUT2D eigenvalue weighted by Crippen LogP contribution is -1.82. The molecule has 0 amide bonds. The van der Waals surface area contributed by atoms with Crippen molar-refractivity contribution in [2.45, 2.75) is 13.3 Å². The van der Waals surface area contributed by atoms with E-state index >= 15 is 0 Å². The molecule has 0 saturated carbocycles. The van der Waals surface area contributed by atoms with Gasteiger partial charge in [0.2, 0.25) is 0 Å². The second-order valence-electron chi connectivity index (χ2n) is 2.81. The normalized spacial score (nSPS) is 10.8. The van der Waals surface area contributed by atoms with Crippen LogP contribution < -0.4 is 5.73 Å². The SMILES string of the molecule is CCc1nc2ccc(N)cc2[nH]1. The predicted molar refractivity (Wildman–Crippen MR) is 49.9 cm³/mol. The molecule has 0 aliphatic rings. The molecule has 12 heavy (non-hydrogen) atoms. The number of nitrogens with two attached hydrogens (primary N) is 1. The van der Waals surface area contributed by atoms with Crippen molar-refractivity contribution in [3.8, 4) is 0 Å². The molecule has 2 rings (SSSR count). The van der Waals surface area contributed by atoms with E-state index in [9.17, 15) is 0 Å². The van der Waals surface area contributed by atoms with Crippen molar-refractivity contribution in [3.05, 3.63) is 24.0 Å². The number of nitrogens with zero attached hydrogens (tertiary/aromatic N) is 1. The minimum Gasteiger partial charge on any atom is -0.399 e. The third-order valence-corrected chi connectivity index (χ3v) is 1.89. The van der Waals surface area contributed by atoms with E-state index in [4.69, 9.17) is 5.73 Å². The van der Waals surface area contributed by atoms with E-state index in [1.165, 1.54) is 0 Å². The molecule has 3 heteroatoms. The lowest BCUT2D eigenvalue weighted by atomic mass is 10.3. The number of H-pyrrole nitrogens is 1. The van der Waals surface area contributed by atoms with Crippen molar-refractivity contribution >= 4 is 16.7 Å². The average molecular weight is 161 g/mol. The highest BCUT2D eigenvalue weighted by molar-refractivity contribution is 5.78. The zero-order valence-electron chi connectivity index (χ0n) is 6.96. The van der Waals surface area contributed by atoms with E-state index in [-0.39, 0.29) is 0 Å². The smallest absolute Gasteiger partial charge is 0.106 e. The molecule has 0 bridgehead atoms. The Hall–Kier alpha value is -1.51. The van der Waals surface area contributed by atoms with Crippen molar-refractivity contribution in [2.75, 3.05) is 5.73 Å². The topological polar surface area (TPSA) is 54.7 Å². The first-order chi connectivity index (χ1) is 5.79. The van der Waals surface area contributed by atoms with Crippen LogP contribution in [0.25, 0.3) is 11.0 Å². The van der Waals surface area contributed by atoms with Crippen molar-refractivity contribution in [1.82, 2.24) is 9.97 Å². The monoisotopic (exact) mass is 161 g/mol. The number of aromatic nitrogens is 2. The summed E-state index contributed by atoms with van der Waals surface area (Å²) in [4.78, 5) is 7.56. The number of imidazole rings is 1. The molecule has 3 nitrogen and oxygen atoms in total. The van der Waals surface area contributed by atoms with Crippen LogP contribution in [0.4, 0.5) is 5.69 Å². The highest BCUT2D eigenvalue weighted by Gasteiger charge is 1.99. The minimum atomic E-state index is 0.772. The number of benzene rings is 1. The van der Waals surface area contributed by atoms with E-state index < -0.39 is 0 Å².